The fraction of sp³-hybridized carbons (Fsp3) is 0.346. The lowest BCUT2D eigenvalue weighted by atomic mass is 10.1. The highest BCUT2D eigenvalue weighted by Gasteiger charge is 2.18. The van der Waals surface area contributed by atoms with Gasteiger partial charge in [0, 0.05) is 29.6 Å². The van der Waals surface area contributed by atoms with E-state index in [0.29, 0.717) is 37.6 Å². The Hall–Kier alpha value is -4.25. The molecule has 1 N–H and O–H groups in total. The predicted octanol–water partition coefficient (Wildman–Crippen LogP) is 2.69. The maximum absolute atomic E-state index is 13.0. The van der Waals surface area contributed by atoms with Gasteiger partial charge in [-0.05, 0) is 66.2 Å². The Kier molecular flexibility index (Phi) is 8.47. The average molecular weight is 507 g/mol. The molecule has 0 aliphatic rings. The molecule has 0 saturated carbocycles. The molecule has 0 amide bonds. The third-order valence-electron chi connectivity index (χ3n) is 5.72. The van der Waals surface area contributed by atoms with Crippen LogP contribution >= 0.6 is 0 Å². The van der Waals surface area contributed by atoms with E-state index in [-0.39, 0.29) is 18.7 Å². The molecule has 0 radical (unpaired) electrons. The molecule has 194 valence electrons. The van der Waals surface area contributed by atoms with Crippen molar-refractivity contribution in [3.63, 3.8) is 0 Å². The summed E-state index contributed by atoms with van der Waals surface area (Å²) < 4.78 is 17.3. The van der Waals surface area contributed by atoms with Crippen LogP contribution in [0.3, 0.4) is 0 Å². The lowest BCUT2D eigenvalue weighted by Gasteiger charge is -2.22. The van der Waals surface area contributed by atoms with Gasteiger partial charge in [-0.25, -0.2) is 4.68 Å². The Labute approximate surface area is 214 Å². The SMILES string of the molecule is CCOC(=O)Cn1nnnc1CN(Cc1ccc(OC)cc1)Cc1cc2cc(OCC)ccc2[nH]c1=O. The van der Waals surface area contributed by atoms with E-state index in [1.807, 2.05) is 60.4 Å². The third kappa shape index (κ3) is 6.70. The van der Waals surface area contributed by atoms with Gasteiger partial charge in [0.2, 0.25) is 0 Å². The van der Waals surface area contributed by atoms with Crippen LogP contribution in [0.1, 0.15) is 30.8 Å². The van der Waals surface area contributed by atoms with E-state index in [0.717, 1.165) is 28.0 Å². The van der Waals surface area contributed by atoms with Crippen molar-refractivity contribution in [3.8, 4) is 11.5 Å². The largest absolute Gasteiger partial charge is 0.497 e. The molecular formula is C26H30N6O5. The van der Waals surface area contributed by atoms with E-state index in [1.165, 1.54) is 4.68 Å². The van der Waals surface area contributed by atoms with Crippen molar-refractivity contribution in [3.05, 3.63) is 75.8 Å². The maximum Gasteiger partial charge on any atom is 0.327 e. The summed E-state index contributed by atoms with van der Waals surface area (Å²) in [5, 5.41) is 12.7. The Morgan fingerprint density at radius 2 is 1.78 bits per heavy atom. The number of methoxy groups -OCH3 is 1. The highest BCUT2D eigenvalue weighted by atomic mass is 16.5. The van der Waals surface area contributed by atoms with Crippen molar-refractivity contribution in [2.75, 3.05) is 20.3 Å². The molecule has 2 aromatic heterocycles. The lowest BCUT2D eigenvalue weighted by Crippen LogP contribution is -2.28. The number of fused-ring (bicyclic) bond motifs is 1. The second-order valence-electron chi connectivity index (χ2n) is 8.36. The lowest BCUT2D eigenvalue weighted by molar-refractivity contribution is -0.144. The first-order valence-corrected chi connectivity index (χ1v) is 12.0. The number of tetrazole rings is 1. The van der Waals surface area contributed by atoms with E-state index in [1.54, 1.807) is 14.0 Å². The maximum atomic E-state index is 13.0. The van der Waals surface area contributed by atoms with Gasteiger partial charge in [-0.3, -0.25) is 14.5 Å². The van der Waals surface area contributed by atoms with Crippen molar-refractivity contribution in [1.29, 1.82) is 0 Å². The molecule has 2 heterocycles. The Balaban J connectivity index is 1.63. The summed E-state index contributed by atoms with van der Waals surface area (Å²) in [5.41, 5.74) is 2.15. The third-order valence-corrected chi connectivity index (χ3v) is 5.72. The zero-order valence-corrected chi connectivity index (χ0v) is 21.1. The second kappa shape index (κ2) is 12.1. The highest BCUT2D eigenvalue weighted by molar-refractivity contribution is 5.80. The number of rotatable bonds is 12. The summed E-state index contributed by atoms with van der Waals surface area (Å²) >= 11 is 0. The molecule has 0 fully saturated rings. The van der Waals surface area contributed by atoms with E-state index in [4.69, 9.17) is 14.2 Å². The fourth-order valence-corrected chi connectivity index (χ4v) is 3.99. The number of carbonyl (C=O) groups excluding carboxylic acids is 1. The number of pyridine rings is 1. The monoisotopic (exact) mass is 506 g/mol. The Morgan fingerprint density at radius 3 is 2.51 bits per heavy atom. The van der Waals surface area contributed by atoms with Crippen LogP contribution in [-0.4, -0.2) is 56.4 Å². The molecule has 11 heteroatoms. The summed E-state index contributed by atoms with van der Waals surface area (Å²) in [4.78, 5) is 30.0. The standard InChI is InChI=1S/C26H30N6O5/c1-4-36-22-10-11-23-19(13-22)12-20(26(34)27-23)15-31(14-18-6-8-21(35-3)9-7-18)16-24-28-29-30-32(24)17-25(33)37-5-2/h6-13H,4-5,14-17H2,1-3H3,(H,27,34). The molecule has 4 aromatic rings. The zero-order valence-electron chi connectivity index (χ0n) is 21.1. The summed E-state index contributed by atoms with van der Waals surface area (Å²) in [6.07, 6.45) is 0. The number of hydrogen-bond donors (Lipinski definition) is 1. The zero-order chi connectivity index (χ0) is 26.2. The molecule has 0 bridgehead atoms. The summed E-state index contributed by atoms with van der Waals surface area (Å²) in [5.74, 6) is 1.55. The molecule has 37 heavy (non-hydrogen) atoms. The molecule has 0 atom stereocenters. The van der Waals surface area contributed by atoms with E-state index in [2.05, 4.69) is 20.5 Å². The van der Waals surface area contributed by atoms with Crippen LogP contribution in [0.15, 0.2) is 53.3 Å². The molecule has 0 unspecified atom stereocenters. The first-order chi connectivity index (χ1) is 18.0. The van der Waals surface area contributed by atoms with Crippen LogP contribution in [0.2, 0.25) is 0 Å². The number of hydrogen-bond acceptors (Lipinski definition) is 9. The van der Waals surface area contributed by atoms with Gasteiger partial charge in [0.05, 0.1) is 26.9 Å². The van der Waals surface area contributed by atoms with Crippen molar-refractivity contribution in [1.82, 2.24) is 30.1 Å². The number of esters is 1. The second-order valence-corrected chi connectivity index (χ2v) is 8.36. The first-order valence-electron chi connectivity index (χ1n) is 12.0. The quantitative estimate of drug-likeness (QED) is 0.289. The molecule has 0 saturated heterocycles. The fourth-order valence-electron chi connectivity index (χ4n) is 3.99. The number of nitrogens with zero attached hydrogens (tertiary/aromatic N) is 5. The summed E-state index contributed by atoms with van der Waals surface area (Å²) in [6.45, 7) is 5.53. The summed E-state index contributed by atoms with van der Waals surface area (Å²) in [6, 6.07) is 15.2. The molecular weight excluding hydrogens is 476 g/mol. The van der Waals surface area contributed by atoms with E-state index >= 15 is 0 Å². The van der Waals surface area contributed by atoms with Crippen molar-refractivity contribution in [2.45, 2.75) is 40.0 Å². The minimum atomic E-state index is -0.422. The number of aromatic amines is 1. The van der Waals surface area contributed by atoms with E-state index < -0.39 is 5.97 Å². The Morgan fingerprint density at radius 1 is 1.00 bits per heavy atom. The van der Waals surface area contributed by atoms with Gasteiger partial charge in [0.1, 0.15) is 18.0 Å². The van der Waals surface area contributed by atoms with Crippen LogP contribution in [0, 0.1) is 0 Å². The van der Waals surface area contributed by atoms with Gasteiger partial charge in [0.25, 0.3) is 5.56 Å². The van der Waals surface area contributed by atoms with Gasteiger partial charge < -0.3 is 19.2 Å². The van der Waals surface area contributed by atoms with Crippen molar-refractivity contribution < 1.29 is 19.0 Å². The number of carbonyl (C=O) groups is 1. The Bertz CT molecular complexity index is 1400. The smallest absolute Gasteiger partial charge is 0.327 e. The highest BCUT2D eigenvalue weighted by Crippen LogP contribution is 2.21. The normalized spacial score (nSPS) is 11.1. The van der Waals surface area contributed by atoms with Gasteiger partial charge in [0.15, 0.2) is 5.82 Å². The molecule has 0 aliphatic heterocycles. The van der Waals surface area contributed by atoms with Crippen LogP contribution in [0.25, 0.3) is 10.9 Å². The number of benzene rings is 2. The van der Waals surface area contributed by atoms with Crippen LogP contribution in [-0.2, 0) is 35.7 Å². The molecule has 4 rings (SSSR count). The van der Waals surface area contributed by atoms with Gasteiger partial charge >= 0.3 is 5.97 Å². The molecule has 0 aliphatic carbocycles. The average Bonchev–Trinajstić information content (AvgIpc) is 3.31. The summed E-state index contributed by atoms with van der Waals surface area (Å²) in [7, 11) is 1.62. The van der Waals surface area contributed by atoms with Gasteiger partial charge in [-0.2, -0.15) is 0 Å². The van der Waals surface area contributed by atoms with Gasteiger partial charge in [-0.15, -0.1) is 5.10 Å². The number of H-pyrrole nitrogens is 1. The molecule has 2 aromatic carbocycles. The van der Waals surface area contributed by atoms with Crippen molar-refractivity contribution >= 4 is 16.9 Å². The van der Waals surface area contributed by atoms with Gasteiger partial charge in [-0.1, -0.05) is 12.1 Å². The number of ether oxygens (including phenoxy) is 3. The predicted molar refractivity (Wildman–Crippen MR) is 136 cm³/mol. The first kappa shape index (κ1) is 25.8. The molecule has 0 spiro atoms. The van der Waals surface area contributed by atoms with Crippen LogP contribution < -0.4 is 15.0 Å². The minimum Gasteiger partial charge on any atom is -0.497 e. The minimum absolute atomic E-state index is 0.0939. The topological polar surface area (TPSA) is 124 Å². The van der Waals surface area contributed by atoms with E-state index in [9.17, 15) is 9.59 Å². The number of nitrogens with one attached hydrogen (secondary N) is 1. The molecule has 11 nitrogen and oxygen atoms in total. The van der Waals surface area contributed by atoms with Crippen LogP contribution in [0.4, 0.5) is 0 Å². The van der Waals surface area contributed by atoms with Crippen molar-refractivity contribution in [2.24, 2.45) is 0 Å². The van der Waals surface area contributed by atoms with Crippen LogP contribution in [0.5, 0.6) is 11.5 Å². The number of aromatic nitrogens is 5.